The molecule has 4 rings (SSSR count). The summed E-state index contributed by atoms with van der Waals surface area (Å²) >= 11 is 0. The molecule has 2 aliphatic heterocycles. The van der Waals surface area contributed by atoms with Gasteiger partial charge < -0.3 is 25.3 Å². The van der Waals surface area contributed by atoms with Crippen LogP contribution in [0, 0.1) is 0 Å². The lowest BCUT2D eigenvalue weighted by molar-refractivity contribution is -0.137. The van der Waals surface area contributed by atoms with Crippen molar-refractivity contribution in [3.8, 4) is 0 Å². The molecule has 2 N–H and O–H groups in total. The van der Waals surface area contributed by atoms with E-state index in [1.165, 1.54) is 0 Å². The van der Waals surface area contributed by atoms with Crippen LogP contribution in [0.25, 0.3) is 0 Å². The number of para-hydroxylation sites is 1. The predicted octanol–water partition coefficient (Wildman–Crippen LogP) is 3.00. The molecule has 0 radical (unpaired) electrons. The zero-order valence-electron chi connectivity index (χ0n) is 21.1. The highest BCUT2D eigenvalue weighted by Gasteiger charge is 2.54. The molecule has 0 saturated carbocycles. The highest BCUT2D eigenvalue weighted by molar-refractivity contribution is 5.96. The first-order valence-corrected chi connectivity index (χ1v) is 13.0. The minimum Gasteiger partial charge on any atom is -0.354 e. The zero-order valence-corrected chi connectivity index (χ0v) is 21.1. The van der Waals surface area contributed by atoms with E-state index >= 15 is 0 Å². The smallest absolute Gasteiger partial charge is 0.317 e. The van der Waals surface area contributed by atoms with Crippen LogP contribution in [-0.2, 0) is 16.0 Å². The summed E-state index contributed by atoms with van der Waals surface area (Å²) in [7, 11) is 0. The van der Waals surface area contributed by atoms with E-state index in [9.17, 15) is 14.4 Å². The first-order chi connectivity index (χ1) is 17.5. The van der Waals surface area contributed by atoms with Crippen LogP contribution >= 0.6 is 0 Å². The molecule has 0 aromatic heterocycles. The Hall–Kier alpha value is -3.55. The van der Waals surface area contributed by atoms with Gasteiger partial charge in [0.25, 0.3) is 5.91 Å². The normalized spacial score (nSPS) is 16.9. The Morgan fingerprint density at radius 2 is 1.58 bits per heavy atom. The molecule has 36 heavy (non-hydrogen) atoms. The fraction of sp³-hybridized carbons (Fsp3) is 0.464. The summed E-state index contributed by atoms with van der Waals surface area (Å²) in [5.41, 5.74) is 1.37. The van der Waals surface area contributed by atoms with Crippen molar-refractivity contribution in [2.45, 2.75) is 44.6 Å². The summed E-state index contributed by atoms with van der Waals surface area (Å²) in [5.74, 6) is -0.187. The Balaban J connectivity index is 1.40. The molecule has 2 saturated heterocycles. The van der Waals surface area contributed by atoms with Crippen LogP contribution in [0.1, 0.15) is 38.2 Å². The number of likely N-dealkylation sites (tertiary alicyclic amines) is 1. The molecule has 2 aliphatic rings. The van der Waals surface area contributed by atoms with Crippen LogP contribution in [0.2, 0.25) is 0 Å². The molecule has 8 nitrogen and oxygen atoms in total. The average molecular weight is 492 g/mol. The van der Waals surface area contributed by atoms with Crippen molar-refractivity contribution >= 4 is 23.5 Å². The molecule has 0 aliphatic carbocycles. The Kier molecular flexibility index (Phi) is 8.46. The second kappa shape index (κ2) is 11.9. The number of nitrogens with one attached hydrogen (secondary N) is 2. The molecule has 0 atom stereocenters. The summed E-state index contributed by atoms with van der Waals surface area (Å²) in [4.78, 5) is 44.7. The van der Waals surface area contributed by atoms with Crippen LogP contribution in [0.4, 0.5) is 10.5 Å². The van der Waals surface area contributed by atoms with Gasteiger partial charge in [-0.2, -0.15) is 0 Å². The molecular formula is C28H37N5O3. The first kappa shape index (κ1) is 25.5. The van der Waals surface area contributed by atoms with Crippen LogP contribution in [0.5, 0.6) is 0 Å². The second-order valence-corrected chi connectivity index (χ2v) is 9.60. The maximum absolute atomic E-state index is 13.8. The van der Waals surface area contributed by atoms with Gasteiger partial charge in [0, 0.05) is 31.9 Å². The summed E-state index contributed by atoms with van der Waals surface area (Å²) in [6, 6.07) is 19.8. The molecule has 2 heterocycles. The molecule has 0 bridgehead atoms. The predicted molar refractivity (Wildman–Crippen MR) is 141 cm³/mol. The fourth-order valence-electron chi connectivity index (χ4n) is 5.11. The van der Waals surface area contributed by atoms with Crippen LogP contribution < -0.4 is 15.5 Å². The standard InChI is InChI=1S/C28H37N5O3/c1-2-3-17-30-27(36)31-19-15-28(16-20-31)26(35)32(22-33(28)24-12-8-5-9-13-24)21-25(34)29-18-14-23-10-6-4-7-11-23/h4-13H,2-3,14-22H2,1H3,(H,29,34)(H,30,36). The van der Waals surface area contributed by atoms with Crippen molar-refractivity contribution in [2.75, 3.05) is 44.3 Å². The van der Waals surface area contributed by atoms with Crippen molar-refractivity contribution in [3.63, 3.8) is 0 Å². The number of anilines is 1. The van der Waals surface area contributed by atoms with E-state index in [1.54, 1.807) is 9.80 Å². The van der Waals surface area contributed by atoms with Crippen LogP contribution in [-0.4, -0.2) is 72.6 Å². The van der Waals surface area contributed by atoms with Crippen molar-refractivity contribution in [2.24, 2.45) is 0 Å². The summed E-state index contributed by atoms with van der Waals surface area (Å²) in [6.07, 6.45) is 3.80. The number of rotatable bonds is 9. The second-order valence-electron chi connectivity index (χ2n) is 9.60. The minimum atomic E-state index is -0.744. The number of urea groups is 1. The number of hydrogen-bond donors (Lipinski definition) is 2. The summed E-state index contributed by atoms with van der Waals surface area (Å²) in [5, 5.41) is 5.94. The molecule has 8 heteroatoms. The molecule has 4 amide bonds. The van der Waals surface area contributed by atoms with Gasteiger partial charge in [0.2, 0.25) is 5.91 Å². The molecular weight excluding hydrogens is 454 g/mol. The van der Waals surface area contributed by atoms with E-state index in [4.69, 9.17) is 0 Å². The Morgan fingerprint density at radius 1 is 0.917 bits per heavy atom. The van der Waals surface area contributed by atoms with Gasteiger partial charge in [0.15, 0.2) is 0 Å². The van der Waals surface area contributed by atoms with Crippen LogP contribution in [0.15, 0.2) is 60.7 Å². The van der Waals surface area contributed by atoms with E-state index in [0.717, 1.165) is 30.5 Å². The van der Waals surface area contributed by atoms with Crippen molar-refractivity contribution in [1.29, 1.82) is 0 Å². The number of unbranched alkanes of at least 4 members (excludes halogenated alkanes) is 1. The van der Waals surface area contributed by atoms with E-state index in [0.29, 0.717) is 45.7 Å². The first-order valence-electron chi connectivity index (χ1n) is 13.0. The number of nitrogens with zero attached hydrogens (tertiary/aromatic N) is 3. The highest BCUT2D eigenvalue weighted by Crippen LogP contribution is 2.39. The van der Waals surface area contributed by atoms with Gasteiger partial charge in [-0.25, -0.2) is 4.79 Å². The molecule has 2 fully saturated rings. The summed E-state index contributed by atoms with van der Waals surface area (Å²) < 4.78 is 0. The Labute approximate surface area is 213 Å². The SMILES string of the molecule is CCCCNC(=O)N1CCC2(CC1)C(=O)N(CC(=O)NCCc1ccccc1)CN2c1ccccc1. The van der Waals surface area contributed by atoms with E-state index in [1.807, 2.05) is 60.7 Å². The molecule has 1 spiro atoms. The largest absolute Gasteiger partial charge is 0.354 e. The zero-order chi connectivity index (χ0) is 25.4. The van der Waals surface area contributed by atoms with E-state index in [2.05, 4.69) is 22.5 Å². The molecule has 2 aromatic carbocycles. The monoisotopic (exact) mass is 491 g/mol. The number of amides is 4. The lowest BCUT2D eigenvalue weighted by Crippen LogP contribution is -2.58. The third kappa shape index (κ3) is 5.80. The van der Waals surface area contributed by atoms with Gasteiger partial charge in [-0.1, -0.05) is 61.9 Å². The fourth-order valence-corrected chi connectivity index (χ4v) is 5.11. The number of hydrogen-bond acceptors (Lipinski definition) is 4. The van der Waals surface area contributed by atoms with Crippen molar-refractivity contribution < 1.29 is 14.4 Å². The Morgan fingerprint density at radius 3 is 2.25 bits per heavy atom. The average Bonchev–Trinajstić information content (AvgIpc) is 3.16. The van der Waals surface area contributed by atoms with Crippen LogP contribution in [0.3, 0.4) is 0 Å². The third-order valence-electron chi connectivity index (χ3n) is 7.18. The number of carbonyl (C=O) groups is 3. The third-order valence-corrected chi connectivity index (χ3v) is 7.18. The topological polar surface area (TPSA) is 85.0 Å². The van der Waals surface area contributed by atoms with Gasteiger partial charge in [0.1, 0.15) is 12.1 Å². The van der Waals surface area contributed by atoms with Gasteiger partial charge in [-0.15, -0.1) is 0 Å². The summed E-state index contributed by atoms with van der Waals surface area (Å²) in [6.45, 7) is 4.68. The Bertz CT molecular complexity index is 1020. The molecule has 2 aromatic rings. The quantitative estimate of drug-likeness (QED) is 0.528. The van der Waals surface area contributed by atoms with Gasteiger partial charge >= 0.3 is 6.03 Å². The number of carbonyl (C=O) groups excluding carboxylic acids is 3. The van der Waals surface area contributed by atoms with Crippen molar-refractivity contribution in [1.82, 2.24) is 20.4 Å². The van der Waals surface area contributed by atoms with E-state index in [-0.39, 0.29) is 24.4 Å². The van der Waals surface area contributed by atoms with Gasteiger partial charge in [0.05, 0.1) is 6.67 Å². The number of piperidine rings is 1. The van der Waals surface area contributed by atoms with E-state index < -0.39 is 5.54 Å². The van der Waals surface area contributed by atoms with Gasteiger partial charge in [-0.3, -0.25) is 9.59 Å². The van der Waals surface area contributed by atoms with Gasteiger partial charge in [-0.05, 0) is 43.4 Å². The number of benzene rings is 2. The highest BCUT2D eigenvalue weighted by atomic mass is 16.2. The molecule has 0 unspecified atom stereocenters. The minimum absolute atomic E-state index is 0.0277. The lowest BCUT2D eigenvalue weighted by atomic mass is 9.85. The molecule has 192 valence electrons. The lowest BCUT2D eigenvalue weighted by Gasteiger charge is -2.43. The van der Waals surface area contributed by atoms with Crippen molar-refractivity contribution in [3.05, 3.63) is 66.2 Å². The maximum atomic E-state index is 13.8. The maximum Gasteiger partial charge on any atom is 0.317 e.